The first-order valence-corrected chi connectivity index (χ1v) is 11.7. The van der Waals surface area contributed by atoms with E-state index in [1.807, 2.05) is 38.1 Å². The van der Waals surface area contributed by atoms with Crippen LogP contribution < -0.4 is 10.6 Å². The van der Waals surface area contributed by atoms with E-state index in [-0.39, 0.29) is 24.3 Å². The molecule has 1 aliphatic rings. The Bertz CT molecular complexity index is 1140. The summed E-state index contributed by atoms with van der Waals surface area (Å²) in [5.41, 5.74) is 4.60. The number of aromatic amines is 1. The fourth-order valence-electron chi connectivity index (χ4n) is 3.94. The highest BCUT2D eigenvalue weighted by Gasteiger charge is 2.31. The lowest BCUT2D eigenvalue weighted by atomic mass is 9.98. The number of alkyl carbamates (subject to hydrolysis) is 1. The Kier molecular flexibility index (Phi) is 6.66. The van der Waals surface area contributed by atoms with E-state index in [0.717, 1.165) is 33.6 Å². The van der Waals surface area contributed by atoms with Crippen LogP contribution in [-0.2, 0) is 9.53 Å². The van der Waals surface area contributed by atoms with Crippen LogP contribution in [-0.4, -0.2) is 34.8 Å². The van der Waals surface area contributed by atoms with Crippen LogP contribution in [0.3, 0.4) is 0 Å². The van der Waals surface area contributed by atoms with E-state index in [4.69, 9.17) is 17.0 Å². The molecule has 4 rings (SSSR count). The molecule has 0 bridgehead atoms. The number of nitrogens with zero attached hydrogens (tertiary/aromatic N) is 1. The Labute approximate surface area is 195 Å². The maximum Gasteiger partial charge on any atom is 0.407 e. The van der Waals surface area contributed by atoms with Gasteiger partial charge >= 0.3 is 6.09 Å². The lowest BCUT2D eigenvalue weighted by Crippen LogP contribution is -2.48. The number of hydrogen-bond acceptors (Lipinski definition) is 6. The van der Waals surface area contributed by atoms with Crippen molar-refractivity contribution < 1.29 is 14.3 Å². The third kappa shape index (κ3) is 4.58. The molecular formula is C23H24N4O3S2. The summed E-state index contributed by atoms with van der Waals surface area (Å²) in [4.78, 5) is 25.4. The number of ether oxygens (including phenoxy) is 1. The van der Waals surface area contributed by atoms with E-state index in [2.05, 4.69) is 45.1 Å². The lowest BCUT2D eigenvalue weighted by Gasteiger charge is -2.23. The van der Waals surface area contributed by atoms with Crippen molar-refractivity contribution in [3.05, 3.63) is 63.6 Å². The molecule has 32 heavy (non-hydrogen) atoms. The first-order valence-electron chi connectivity index (χ1n) is 10.5. The monoisotopic (exact) mass is 468 g/mol. The molecule has 0 saturated heterocycles. The highest BCUT2D eigenvalue weighted by molar-refractivity contribution is 7.73. The molecule has 166 valence electrons. The maximum absolute atomic E-state index is 12.8. The van der Waals surface area contributed by atoms with Gasteiger partial charge in [0.2, 0.25) is 11.0 Å². The van der Waals surface area contributed by atoms with E-state index >= 15 is 0 Å². The van der Waals surface area contributed by atoms with Gasteiger partial charge in [-0.05, 0) is 40.4 Å². The fourth-order valence-corrected chi connectivity index (χ4v) is 4.73. The normalized spacial score (nSPS) is 14.2. The van der Waals surface area contributed by atoms with Crippen molar-refractivity contribution in [2.45, 2.75) is 32.2 Å². The predicted molar refractivity (Wildman–Crippen MR) is 127 cm³/mol. The van der Waals surface area contributed by atoms with Crippen molar-refractivity contribution in [3.63, 3.8) is 0 Å². The number of carbonyl (C=O) groups excluding carboxylic acids is 2. The van der Waals surface area contributed by atoms with Crippen LogP contribution >= 0.6 is 23.6 Å². The number of benzene rings is 2. The predicted octanol–water partition coefficient (Wildman–Crippen LogP) is 5.09. The second kappa shape index (κ2) is 9.62. The molecule has 0 fully saturated rings. The molecule has 3 N–H and O–H groups in total. The fraction of sp³-hybridized carbons (Fsp3) is 0.304. The van der Waals surface area contributed by atoms with Crippen molar-refractivity contribution in [2.75, 3.05) is 11.9 Å². The molecule has 2 aromatic carbocycles. The molecule has 1 aromatic heterocycles. The van der Waals surface area contributed by atoms with Crippen molar-refractivity contribution >= 4 is 40.7 Å². The minimum Gasteiger partial charge on any atom is -0.449 e. The molecule has 1 heterocycles. The summed E-state index contributed by atoms with van der Waals surface area (Å²) in [6, 6.07) is 15.5. The lowest BCUT2D eigenvalue weighted by molar-refractivity contribution is -0.119. The van der Waals surface area contributed by atoms with Gasteiger partial charge in [-0.1, -0.05) is 80.1 Å². The molecular weight excluding hydrogens is 444 g/mol. The van der Waals surface area contributed by atoms with Gasteiger partial charge in [0.1, 0.15) is 12.6 Å². The quantitative estimate of drug-likeness (QED) is 0.420. The third-order valence-electron chi connectivity index (χ3n) is 5.78. The molecule has 2 amide bonds. The van der Waals surface area contributed by atoms with Crippen LogP contribution in [0.5, 0.6) is 0 Å². The number of anilines is 1. The number of fused-ring (bicyclic) bond motifs is 3. The third-order valence-corrected chi connectivity index (χ3v) is 6.79. The summed E-state index contributed by atoms with van der Waals surface area (Å²) in [6.45, 7) is 4.05. The van der Waals surface area contributed by atoms with Crippen LogP contribution in [0.2, 0.25) is 0 Å². The van der Waals surface area contributed by atoms with Crippen LogP contribution in [0.4, 0.5) is 9.93 Å². The molecule has 2 atom stereocenters. The van der Waals surface area contributed by atoms with Gasteiger partial charge in [0.25, 0.3) is 0 Å². The van der Waals surface area contributed by atoms with Crippen molar-refractivity contribution in [2.24, 2.45) is 5.92 Å². The Morgan fingerprint density at radius 2 is 1.78 bits per heavy atom. The number of nitrogens with one attached hydrogen (secondary N) is 3. The number of carbonyl (C=O) groups is 2. The molecule has 3 aromatic rings. The molecule has 2 unspecified atom stereocenters. The Morgan fingerprint density at radius 1 is 1.16 bits per heavy atom. The van der Waals surface area contributed by atoms with E-state index < -0.39 is 12.1 Å². The van der Waals surface area contributed by atoms with Gasteiger partial charge in [0.15, 0.2) is 3.95 Å². The second-order valence-corrected chi connectivity index (χ2v) is 9.41. The van der Waals surface area contributed by atoms with Gasteiger partial charge in [-0.15, -0.1) is 5.10 Å². The number of amides is 2. The molecule has 0 saturated carbocycles. The largest absolute Gasteiger partial charge is 0.449 e. The van der Waals surface area contributed by atoms with Gasteiger partial charge < -0.3 is 10.1 Å². The standard InChI is InChI=1S/C23H24N4O3S2/c1-3-13(2)19(20(28)25-21-26-27-23(31)32-21)24-22(29)30-12-18-16-10-6-4-8-14(16)15-9-5-7-11-17(15)18/h4-11,13,18-19H,3,12H2,1-2H3,(H,24,29)(H,27,31)(H,25,26,28). The molecule has 1 aliphatic carbocycles. The molecule has 0 spiro atoms. The van der Waals surface area contributed by atoms with E-state index in [1.165, 1.54) is 0 Å². The number of H-pyrrole nitrogens is 1. The van der Waals surface area contributed by atoms with E-state index in [0.29, 0.717) is 15.5 Å². The molecule has 7 nitrogen and oxygen atoms in total. The zero-order valence-corrected chi connectivity index (χ0v) is 19.4. The number of aromatic nitrogens is 2. The van der Waals surface area contributed by atoms with Crippen LogP contribution in [0.1, 0.15) is 37.3 Å². The average Bonchev–Trinajstić information content (AvgIpc) is 3.36. The minimum atomic E-state index is -0.756. The second-order valence-electron chi connectivity index (χ2n) is 7.74. The Hall–Kier alpha value is -3.04. The summed E-state index contributed by atoms with van der Waals surface area (Å²) in [6.07, 6.45) is 0.0832. The summed E-state index contributed by atoms with van der Waals surface area (Å²) >= 11 is 6.16. The van der Waals surface area contributed by atoms with Gasteiger partial charge in [0.05, 0.1) is 0 Å². The van der Waals surface area contributed by atoms with Crippen molar-refractivity contribution in [1.29, 1.82) is 0 Å². The summed E-state index contributed by atoms with van der Waals surface area (Å²) < 4.78 is 6.07. The first kappa shape index (κ1) is 22.2. The molecule has 0 aliphatic heterocycles. The summed E-state index contributed by atoms with van der Waals surface area (Å²) in [5.74, 6) is -0.492. The van der Waals surface area contributed by atoms with Crippen LogP contribution in [0.15, 0.2) is 48.5 Å². The molecule has 0 radical (unpaired) electrons. The summed E-state index contributed by atoms with van der Waals surface area (Å²) in [5, 5.41) is 12.4. The SMILES string of the molecule is CCC(C)C(NC(=O)OCC1c2ccccc2-c2ccccc21)C(=O)Nc1n[nH]c(=S)s1. The first-order chi connectivity index (χ1) is 15.5. The Balaban J connectivity index is 1.44. The minimum absolute atomic E-state index is 0.0413. The van der Waals surface area contributed by atoms with E-state index in [1.54, 1.807) is 0 Å². The van der Waals surface area contributed by atoms with Gasteiger partial charge in [0, 0.05) is 5.92 Å². The van der Waals surface area contributed by atoms with Gasteiger partial charge in [-0.3, -0.25) is 15.2 Å². The molecule has 9 heteroatoms. The Morgan fingerprint density at radius 3 is 2.34 bits per heavy atom. The van der Waals surface area contributed by atoms with Crippen molar-refractivity contribution in [3.8, 4) is 11.1 Å². The zero-order chi connectivity index (χ0) is 22.7. The van der Waals surface area contributed by atoms with E-state index in [9.17, 15) is 9.59 Å². The smallest absolute Gasteiger partial charge is 0.407 e. The van der Waals surface area contributed by atoms with Crippen LogP contribution in [0, 0.1) is 9.87 Å². The number of rotatable bonds is 7. The topological polar surface area (TPSA) is 96.1 Å². The van der Waals surface area contributed by atoms with Gasteiger partial charge in [-0.2, -0.15) is 0 Å². The maximum atomic E-state index is 12.8. The highest BCUT2D eigenvalue weighted by Crippen LogP contribution is 2.44. The highest BCUT2D eigenvalue weighted by atomic mass is 32.1. The zero-order valence-electron chi connectivity index (χ0n) is 17.8. The van der Waals surface area contributed by atoms with Crippen LogP contribution in [0.25, 0.3) is 11.1 Å². The van der Waals surface area contributed by atoms with Crippen molar-refractivity contribution in [1.82, 2.24) is 15.5 Å². The van der Waals surface area contributed by atoms with Gasteiger partial charge in [-0.25, -0.2) is 4.79 Å². The summed E-state index contributed by atoms with van der Waals surface area (Å²) in [7, 11) is 0. The number of hydrogen-bond donors (Lipinski definition) is 3. The average molecular weight is 469 g/mol.